The second-order valence-corrected chi connectivity index (χ2v) is 4.44. The maximum atomic E-state index is 11.8. The number of nitrogens with one attached hydrogen (secondary N) is 1. The van der Waals surface area contributed by atoms with E-state index < -0.39 is 17.7 Å². The molecule has 8 heteroatoms. The lowest BCUT2D eigenvalue weighted by molar-refractivity contribution is -0.143. The number of hydrogen-bond donors (Lipinski definition) is 3. The highest BCUT2D eigenvalue weighted by molar-refractivity contribution is 5.88. The molecule has 0 saturated carbocycles. The predicted octanol–water partition coefficient (Wildman–Crippen LogP) is -2.45. The number of rotatable bonds is 7. The van der Waals surface area contributed by atoms with Gasteiger partial charge in [0.05, 0.1) is 19.2 Å². The first kappa shape index (κ1) is 15.4. The van der Waals surface area contributed by atoms with Crippen LogP contribution in [0.3, 0.4) is 0 Å². The molecule has 1 fully saturated rings. The summed E-state index contributed by atoms with van der Waals surface area (Å²) in [6.45, 7) is 0.857. The molecular weight excluding hydrogens is 252 g/mol. The zero-order valence-electron chi connectivity index (χ0n) is 10.8. The molecule has 1 heterocycles. The number of nitrogens with zero attached hydrogens (tertiary/aromatic N) is 1. The van der Waals surface area contributed by atoms with Gasteiger partial charge in [0, 0.05) is 0 Å². The van der Waals surface area contributed by atoms with E-state index in [1.54, 1.807) is 0 Å². The van der Waals surface area contributed by atoms with Crippen molar-refractivity contribution in [3.8, 4) is 0 Å². The topological polar surface area (TPSA) is 128 Å². The molecule has 1 saturated heterocycles. The first-order chi connectivity index (χ1) is 8.99. The minimum absolute atomic E-state index is 0.0224. The van der Waals surface area contributed by atoms with E-state index in [-0.39, 0.29) is 25.8 Å². The lowest BCUT2D eigenvalue weighted by atomic mass is 10.1. The van der Waals surface area contributed by atoms with Crippen molar-refractivity contribution in [2.24, 2.45) is 11.5 Å². The van der Waals surface area contributed by atoms with Gasteiger partial charge in [-0.3, -0.25) is 14.4 Å². The molecule has 1 aliphatic rings. The fourth-order valence-corrected chi connectivity index (χ4v) is 1.85. The lowest BCUT2D eigenvalue weighted by Crippen LogP contribution is -2.45. The summed E-state index contributed by atoms with van der Waals surface area (Å²) in [6.07, 6.45) is 1.69. The minimum Gasteiger partial charge on any atom is -0.368 e. The van der Waals surface area contributed by atoms with Crippen molar-refractivity contribution in [2.45, 2.75) is 18.9 Å². The summed E-state index contributed by atoms with van der Waals surface area (Å²) in [5, 5.41) is 3.18. The van der Waals surface area contributed by atoms with Crippen molar-refractivity contribution < 1.29 is 19.1 Å². The summed E-state index contributed by atoms with van der Waals surface area (Å²) in [5.41, 5.74) is 10.0. The third-order valence-electron chi connectivity index (χ3n) is 2.77. The molecule has 0 aromatic heterocycles. The van der Waals surface area contributed by atoms with Crippen molar-refractivity contribution in [3.63, 3.8) is 0 Å². The van der Waals surface area contributed by atoms with Crippen LogP contribution in [0.1, 0.15) is 12.8 Å². The van der Waals surface area contributed by atoms with Crippen molar-refractivity contribution in [3.05, 3.63) is 0 Å². The van der Waals surface area contributed by atoms with Gasteiger partial charge in [-0.2, -0.15) is 0 Å². The van der Waals surface area contributed by atoms with E-state index in [0.717, 1.165) is 30.8 Å². The number of carbonyl (C=O) groups excluding carboxylic acids is 3. The van der Waals surface area contributed by atoms with E-state index in [9.17, 15) is 14.4 Å². The first-order valence-corrected chi connectivity index (χ1v) is 6.15. The van der Waals surface area contributed by atoms with Gasteiger partial charge in [-0.15, -0.1) is 0 Å². The Balaban J connectivity index is 2.41. The summed E-state index contributed by atoms with van der Waals surface area (Å²) in [6, 6.07) is 0. The van der Waals surface area contributed by atoms with Gasteiger partial charge in [0.25, 0.3) is 0 Å². The van der Waals surface area contributed by atoms with Gasteiger partial charge in [-0.1, -0.05) is 0 Å². The Morgan fingerprint density at radius 2 is 1.63 bits per heavy atom. The number of ether oxygens (including phenoxy) is 1. The molecule has 19 heavy (non-hydrogen) atoms. The number of primary amides is 2. The van der Waals surface area contributed by atoms with E-state index in [0.29, 0.717) is 0 Å². The molecule has 0 aromatic carbocycles. The molecule has 5 N–H and O–H groups in total. The van der Waals surface area contributed by atoms with E-state index in [4.69, 9.17) is 16.2 Å². The van der Waals surface area contributed by atoms with Crippen LogP contribution in [-0.4, -0.2) is 61.5 Å². The highest BCUT2D eigenvalue weighted by atomic mass is 16.5. The largest absolute Gasteiger partial charge is 0.368 e. The number of nitrogens with two attached hydrogens (primary N) is 2. The van der Waals surface area contributed by atoms with Gasteiger partial charge in [0.2, 0.25) is 17.7 Å². The molecule has 3 amide bonds. The van der Waals surface area contributed by atoms with Crippen molar-refractivity contribution in [1.29, 1.82) is 0 Å². The number of hydrogen-bond acceptors (Lipinski definition) is 5. The van der Waals surface area contributed by atoms with E-state index in [1.165, 1.54) is 0 Å². The third kappa shape index (κ3) is 6.16. The Labute approximate surface area is 111 Å². The molecule has 0 aromatic rings. The van der Waals surface area contributed by atoms with E-state index in [2.05, 4.69) is 5.32 Å². The Hall–Kier alpha value is -1.67. The summed E-state index contributed by atoms with van der Waals surface area (Å²) >= 11 is 0. The average molecular weight is 272 g/mol. The van der Waals surface area contributed by atoms with Crippen molar-refractivity contribution >= 4 is 17.7 Å². The molecule has 8 nitrogen and oxygen atoms in total. The van der Waals surface area contributed by atoms with Gasteiger partial charge >= 0.3 is 0 Å². The van der Waals surface area contributed by atoms with Crippen LogP contribution in [0.4, 0.5) is 0 Å². The molecule has 0 bridgehead atoms. The second-order valence-electron chi connectivity index (χ2n) is 4.44. The molecule has 0 spiro atoms. The quantitative estimate of drug-likeness (QED) is 0.474. The molecular formula is C11H20N4O4. The molecule has 0 aliphatic carbocycles. The highest BCUT2D eigenvalue weighted by Crippen LogP contribution is 2.07. The molecule has 1 aliphatic heterocycles. The third-order valence-corrected chi connectivity index (χ3v) is 2.77. The lowest BCUT2D eigenvalue weighted by Gasteiger charge is -2.25. The second kappa shape index (κ2) is 7.70. The van der Waals surface area contributed by atoms with E-state index >= 15 is 0 Å². The number of carbonyl (C=O) groups is 3. The van der Waals surface area contributed by atoms with Gasteiger partial charge < -0.3 is 26.4 Å². The van der Waals surface area contributed by atoms with Crippen molar-refractivity contribution in [2.75, 3.05) is 32.8 Å². The summed E-state index contributed by atoms with van der Waals surface area (Å²) in [7, 11) is 0. The van der Waals surface area contributed by atoms with Crippen LogP contribution in [-0.2, 0) is 19.1 Å². The van der Waals surface area contributed by atoms with Crippen LogP contribution in [0, 0.1) is 0 Å². The highest BCUT2D eigenvalue weighted by Gasteiger charge is 2.20. The molecule has 0 atom stereocenters. The normalized spacial score (nSPS) is 16.0. The van der Waals surface area contributed by atoms with Gasteiger partial charge in [0.1, 0.15) is 6.61 Å². The van der Waals surface area contributed by atoms with E-state index in [1.807, 2.05) is 0 Å². The van der Waals surface area contributed by atoms with Crippen LogP contribution < -0.4 is 16.8 Å². The molecule has 1 rings (SSSR count). The summed E-state index contributed by atoms with van der Waals surface area (Å²) in [5.74, 6) is -1.86. The number of piperidine rings is 1. The fourth-order valence-electron chi connectivity index (χ4n) is 1.85. The van der Waals surface area contributed by atoms with Crippen LogP contribution in [0.2, 0.25) is 0 Å². The van der Waals surface area contributed by atoms with Crippen LogP contribution in [0.5, 0.6) is 0 Å². The van der Waals surface area contributed by atoms with Gasteiger partial charge in [0.15, 0.2) is 0 Å². The fraction of sp³-hybridized carbons (Fsp3) is 0.727. The zero-order chi connectivity index (χ0) is 14.3. The Morgan fingerprint density at radius 3 is 2.11 bits per heavy atom. The monoisotopic (exact) mass is 272 g/mol. The molecule has 0 radical (unpaired) electrons. The summed E-state index contributed by atoms with van der Waals surface area (Å²) < 4.78 is 5.45. The first-order valence-electron chi connectivity index (χ1n) is 6.15. The maximum Gasteiger partial charge on any atom is 0.249 e. The Bertz CT molecular complexity index is 326. The average Bonchev–Trinajstić information content (AvgIpc) is 2.35. The maximum absolute atomic E-state index is 11.8. The van der Waals surface area contributed by atoms with Gasteiger partial charge in [-0.05, 0) is 25.9 Å². The van der Waals surface area contributed by atoms with Gasteiger partial charge in [-0.25, -0.2) is 0 Å². The summed E-state index contributed by atoms with van der Waals surface area (Å²) in [4.78, 5) is 34.5. The Kier molecular flexibility index (Phi) is 6.23. The SMILES string of the molecule is NC(=O)CN(CC(N)=O)C(=O)COC1CCNCC1. The number of amides is 3. The standard InChI is InChI=1S/C11H20N4O4/c12-9(16)5-15(6-10(13)17)11(18)7-19-8-1-3-14-4-2-8/h8,14H,1-7H2,(H2,12,16)(H2,13,17). The Morgan fingerprint density at radius 1 is 1.11 bits per heavy atom. The minimum atomic E-state index is -0.698. The molecule has 0 unspecified atom stereocenters. The smallest absolute Gasteiger partial charge is 0.249 e. The van der Waals surface area contributed by atoms with Crippen LogP contribution in [0.25, 0.3) is 0 Å². The molecule has 108 valence electrons. The van der Waals surface area contributed by atoms with Crippen LogP contribution in [0.15, 0.2) is 0 Å². The van der Waals surface area contributed by atoms with Crippen LogP contribution >= 0.6 is 0 Å². The zero-order valence-corrected chi connectivity index (χ0v) is 10.8. The van der Waals surface area contributed by atoms with Crippen molar-refractivity contribution in [1.82, 2.24) is 10.2 Å². The predicted molar refractivity (Wildman–Crippen MR) is 66.8 cm³/mol.